The van der Waals surface area contributed by atoms with Crippen LogP contribution in [0.4, 0.5) is 0 Å². The maximum absolute atomic E-state index is 12.6. The van der Waals surface area contributed by atoms with Crippen molar-refractivity contribution in [1.82, 2.24) is 10.2 Å². The zero-order valence-corrected chi connectivity index (χ0v) is 13.1. The third-order valence-electron chi connectivity index (χ3n) is 3.99. The summed E-state index contributed by atoms with van der Waals surface area (Å²) in [6.07, 6.45) is 2.18. The van der Waals surface area contributed by atoms with Gasteiger partial charge in [0.2, 0.25) is 11.8 Å². The highest BCUT2D eigenvalue weighted by molar-refractivity contribution is 5.99. The van der Waals surface area contributed by atoms with Crippen molar-refractivity contribution in [3.8, 4) is 0 Å². The number of carbonyl (C=O) groups is 2. The second-order valence-corrected chi connectivity index (χ2v) is 6.60. The van der Waals surface area contributed by atoms with E-state index >= 15 is 0 Å². The zero-order chi connectivity index (χ0) is 14.8. The summed E-state index contributed by atoms with van der Waals surface area (Å²) in [5, 5.41) is 2.86. The lowest BCUT2D eigenvalue weighted by molar-refractivity contribution is -0.157. The fourth-order valence-electron chi connectivity index (χ4n) is 2.61. The van der Waals surface area contributed by atoms with Crippen molar-refractivity contribution in [2.24, 2.45) is 11.8 Å². The normalized spacial score (nSPS) is 24.6. The van der Waals surface area contributed by atoms with E-state index < -0.39 is 5.54 Å². The van der Waals surface area contributed by atoms with Gasteiger partial charge in [-0.2, -0.15) is 0 Å². The van der Waals surface area contributed by atoms with E-state index in [1.54, 1.807) is 4.90 Å². The molecule has 1 saturated heterocycles. The molecule has 4 nitrogen and oxygen atoms in total. The van der Waals surface area contributed by atoms with Gasteiger partial charge in [-0.25, -0.2) is 0 Å². The van der Waals surface area contributed by atoms with Crippen LogP contribution in [0.1, 0.15) is 54.4 Å². The Kier molecular flexibility index (Phi) is 4.99. The zero-order valence-electron chi connectivity index (χ0n) is 13.1. The minimum atomic E-state index is -0.746. The average molecular weight is 268 g/mol. The molecule has 0 aromatic carbocycles. The van der Waals surface area contributed by atoms with Crippen LogP contribution in [0, 0.1) is 11.8 Å². The minimum Gasteiger partial charge on any atom is -0.342 e. The van der Waals surface area contributed by atoms with Crippen LogP contribution in [0.5, 0.6) is 0 Å². The summed E-state index contributed by atoms with van der Waals surface area (Å²) >= 11 is 0. The molecule has 1 fully saturated rings. The number of hydrogen-bond donors (Lipinski definition) is 1. The van der Waals surface area contributed by atoms with Crippen molar-refractivity contribution in [2.45, 2.75) is 66.0 Å². The van der Waals surface area contributed by atoms with E-state index in [1.807, 2.05) is 27.7 Å². The Morgan fingerprint density at radius 1 is 1.26 bits per heavy atom. The molecule has 2 unspecified atom stereocenters. The lowest BCUT2D eigenvalue weighted by Crippen LogP contribution is -2.69. The number of hydrogen-bond acceptors (Lipinski definition) is 2. The Morgan fingerprint density at radius 3 is 2.32 bits per heavy atom. The monoisotopic (exact) mass is 268 g/mol. The smallest absolute Gasteiger partial charge is 0.246 e. The first-order chi connectivity index (χ1) is 8.71. The molecule has 2 amide bonds. The average Bonchev–Trinajstić information content (AvgIpc) is 2.30. The van der Waals surface area contributed by atoms with Gasteiger partial charge in [0.1, 0.15) is 11.6 Å². The van der Waals surface area contributed by atoms with Crippen LogP contribution < -0.4 is 5.32 Å². The van der Waals surface area contributed by atoms with Crippen molar-refractivity contribution in [3.05, 3.63) is 0 Å². The van der Waals surface area contributed by atoms with Crippen LogP contribution in [0.15, 0.2) is 0 Å². The third-order valence-corrected chi connectivity index (χ3v) is 3.99. The number of nitrogens with one attached hydrogen (secondary N) is 1. The SMILES string of the molecule is CCCC(C)CN1C(=O)C(C(C)C)NC(=O)C1(C)C. The van der Waals surface area contributed by atoms with Crippen molar-refractivity contribution >= 4 is 11.8 Å². The molecule has 0 aliphatic carbocycles. The molecule has 0 spiro atoms. The summed E-state index contributed by atoms with van der Waals surface area (Å²) in [5.41, 5.74) is -0.746. The maximum atomic E-state index is 12.6. The molecule has 0 radical (unpaired) electrons. The van der Waals surface area contributed by atoms with Gasteiger partial charge < -0.3 is 10.2 Å². The van der Waals surface area contributed by atoms with Gasteiger partial charge in [-0.1, -0.05) is 34.1 Å². The van der Waals surface area contributed by atoms with Gasteiger partial charge in [-0.05, 0) is 32.1 Å². The predicted molar refractivity (Wildman–Crippen MR) is 76.6 cm³/mol. The highest BCUT2D eigenvalue weighted by Gasteiger charge is 2.47. The molecule has 0 bridgehead atoms. The van der Waals surface area contributed by atoms with Crippen molar-refractivity contribution in [1.29, 1.82) is 0 Å². The fourth-order valence-corrected chi connectivity index (χ4v) is 2.61. The lowest BCUT2D eigenvalue weighted by Gasteiger charge is -2.46. The summed E-state index contributed by atoms with van der Waals surface area (Å²) in [6, 6.07) is -0.380. The molecular formula is C15H28N2O2. The molecule has 1 rings (SSSR count). The van der Waals surface area contributed by atoms with Gasteiger partial charge in [0, 0.05) is 6.54 Å². The molecular weight excluding hydrogens is 240 g/mol. The molecule has 1 aliphatic rings. The van der Waals surface area contributed by atoms with Crippen molar-refractivity contribution in [2.75, 3.05) is 6.54 Å². The van der Waals surface area contributed by atoms with Gasteiger partial charge in [-0.15, -0.1) is 0 Å². The second-order valence-electron chi connectivity index (χ2n) is 6.60. The first-order valence-corrected chi connectivity index (χ1v) is 7.34. The predicted octanol–water partition coefficient (Wildman–Crippen LogP) is 2.18. The number of amides is 2. The molecule has 0 saturated carbocycles. The molecule has 110 valence electrons. The Bertz CT molecular complexity index is 350. The number of nitrogens with zero attached hydrogens (tertiary/aromatic N) is 1. The van der Waals surface area contributed by atoms with E-state index in [2.05, 4.69) is 19.2 Å². The number of rotatable bonds is 5. The van der Waals surface area contributed by atoms with Crippen LogP contribution in [0.25, 0.3) is 0 Å². The molecule has 1 heterocycles. The molecule has 2 atom stereocenters. The quantitative estimate of drug-likeness (QED) is 0.831. The van der Waals surface area contributed by atoms with E-state index in [1.165, 1.54) is 0 Å². The number of piperazine rings is 1. The van der Waals surface area contributed by atoms with Gasteiger partial charge in [0.05, 0.1) is 0 Å². The van der Waals surface area contributed by atoms with Crippen molar-refractivity contribution in [3.63, 3.8) is 0 Å². The van der Waals surface area contributed by atoms with E-state index in [4.69, 9.17) is 0 Å². The molecule has 0 aromatic rings. The van der Waals surface area contributed by atoms with Crippen molar-refractivity contribution < 1.29 is 9.59 Å². The van der Waals surface area contributed by atoms with E-state index in [0.717, 1.165) is 12.8 Å². The van der Waals surface area contributed by atoms with Gasteiger partial charge in [0.15, 0.2) is 0 Å². The number of carbonyl (C=O) groups excluding carboxylic acids is 2. The van der Waals surface area contributed by atoms with Gasteiger partial charge in [0.25, 0.3) is 0 Å². The fraction of sp³-hybridized carbons (Fsp3) is 0.867. The van der Waals surface area contributed by atoms with Gasteiger partial charge in [-0.3, -0.25) is 9.59 Å². The largest absolute Gasteiger partial charge is 0.342 e. The Hall–Kier alpha value is -1.06. The first-order valence-electron chi connectivity index (χ1n) is 7.34. The Labute approximate surface area is 116 Å². The third kappa shape index (κ3) is 3.28. The van der Waals surface area contributed by atoms with Crippen LogP contribution >= 0.6 is 0 Å². The summed E-state index contributed by atoms with van der Waals surface area (Å²) in [7, 11) is 0. The summed E-state index contributed by atoms with van der Waals surface area (Å²) < 4.78 is 0. The molecule has 1 N–H and O–H groups in total. The highest BCUT2D eigenvalue weighted by atomic mass is 16.2. The van der Waals surface area contributed by atoms with Crippen LogP contribution in [0.2, 0.25) is 0 Å². The molecule has 19 heavy (non-hydrogen) atoms. The van der Waals surface area contributed by atoms with Crippen LogP contribution in [-0.2, 0) is 9.59 Å². The van der Waals surface area contributed by atoms with Crippen LogP contribution in [-0.4, -0.2) is 34.8 Å². The second kappa shape index (κ2) is 5.93. The highest BCUT2D eigenvalue weighted by Crippen LogP contribution is 2.25. The van der Waals surface area contributed by atoms with E-state index in [9.17, 15) is 9.59 Å². The van der Waals surface area contributed by atoms with Gasteiger partial charge >= 0.3 is 0 Å². The minimum absolute atomic E-state index is 0.0468. The van der Waals surface area contributed by atoms with E-state index in [0.29, 0.717) is 12.5 Å². The summed E-state index contributed by atoms with van der Waals surface area (Å²) in [6.45, 7) is 12.5. The molecule has 0 aromatic heterocycles. The summed E-state index contributed by atoms with van der Waals surface area (Å²) in [5.74, 6) is 0.556. The summed E-state index contributed by atoms with van der Waals surface area (Å²) in [4.78, 5) is 26.6. The first kappa shape index (κ1) is 16.0. The standard InChI is InChI=1S/C15H28N2O2/c1-7-8-11(4)9-17-13(18)12(10(2)3)16-14(19)15(17,5)6/h10-12H,7-9H2,1-6H3,(H,16,19). The molecule has 1 aliphatic heterocycles. The Morgan fingerprint density at radius 2 is 1.84 bits per heavy atom. The topological polar surface area (TPSA) is 49.4 Å². The Balaban J connectivity index is 2.94. The molecule has 4 heteroatoms. The lowest BCUT2D eigenvalue weighted by atomic mass is 9.90. The van der Waals surface area contributed by atoms with E-state index in [-0.39, 0.29) is 23.8 Å². The van der Waals surface area contributed by atoms with Crippen LogP contribution in [0.3, 0.4) is 0 Å². The maximum Gasteiger partial charge on any atom is 0.246 e.